The van der Waals surface area contributed by atoms with Crippen molar-refractivity contribution in [2.45, 2.75) is 38.1 Å². The first-order valence-electron chi connectivity index (χ1n) is 6.75. The molecule has 0 aromatic carbocycles. The second-order valence-electron chi connectivity index (χ2n) is 4.86. The van der Waals surface area contributed by atoms with Crippen LogP contribution in [0.25, 0.3) is 11.5 Å². The summed E-state index contributed by atoms with van der Waals surface area (Å²) in [6.07, 6.45) is 5.68. The number of hydrogen-bond donors (Lipinski definition) is 2. The second-order valence-corrected chi connectivity index (χ2v) is 5.64. The van der Waals surface area contributed by atoms with E-state index in [4.69, 9.17) is 4.42 Å². The smallest absolute Gasteiger partial charge is 0.324 e. The number of urea groups is 1. The van der Waals surface area contributed by atoms with Crippen molar-refractivity contribution in [2.75, 3.05) is 5.32 Å². The molecule has 1 aliphatic rings. The lowest BCUT2D eigenvalue weighted by Crippen LogP contribution is -2.39. The van der Waals surface area contributed by atoms with Crippen LogP contribution in [-0.4, -0.2) is 22.3 Å². The minimum absolute atomic E-state index is 0.125. The highest BCUT2D eigenvalue weighted by Crippen LogP contribution is 2.22. The first-order chi connectivity index (χ1) is 9.81. The van der Waals surface area contributed by atoms with Crippen molar-refractivity contribution in [1.29, 1.82) is 0 Å². The van der Waals surface area contributed by atoms with Gasteiger partial charge in [-0.05, 0) is 24.3 Å². The van der Waals surface area contributed by atoms with Gasteiger partial charge in [-0.3, -0.25) is 5.32 Å². The fraction of sp³-hybridized carbons (Fsp3) is 0.462. The Morgan fingerprint density at radius 3 is 2.90 bits per heavy atom. The Kier molecular flexibility index (Phi) is 3.96. The number of rotatable bonds is 3. The third kappa shape index (κ3) is 3.16. The average molecular weight is 292 g/mol. The molecule has 2 aromatic heterocycles. The van der Waals surface area contributed by atoms with Crippen LogP contribution in [0.1, 0.15) is 32.1 Å². The molecule has 0 unspecified atom stereocenters. The molecule has 0 saturated heterocycles. The predicted octanol–water partition coefficient (Wildman–Crippen LogP) is 3.25. The molecule has 2 heterocycles. The molecule has 1 fully saturated rings. The third-order valence-corrected chi connectivity index (χ3v) is 4.04. The minimum atomic E-state index is -0.280. The molecule has 0 radical (unpaired) electrons. The largest absolute Gasteiger partial charge is 0.403 e. The van der Waals surface area contributed by atoms with Crippen LogP contribution in [0.2, 0.25) is 0 Å². The van der Waals surface area contributed by atoms with Gasteiger partial charge in [-0.2, -0.15) is 11.3 Å². The zero-order valence-corrected chi connectivity index (χ0v) is 11.8. The zero-order valence-electron chi connectivity index (χ0n) is 11.0. The number of nitrogens with one attached hydrogen (secondary N) is 2. The number of amides is 2. The summed E-state index contributed by atoms with van der Waals surface area (Å²) in [6.45, 7) is 0. The molecule has 106 valence electrons. The summed E-state index contributed by atoms with van der Waals surface area (Å²) in [5.74, 6) is 0.416. The molecule has 20 heavy (non-hydrogen) atoms. The quantitative estimate of drug-likeness (QED) is 0.910. The van der Waals surface area contributed by atoms with Gasteiger partial charge in [0.15, 0.2) is 0 Å². The lowest BCUT2D eigenvalue weighted by molar-refractivity contribution is 0.243. The van der Waals surface area contributed by atoms with Gasteiger partial charge >= 0.3 is 12.0 Å². The average Bonchev–Trinajstić information content (AvgIpc) is 3.10. The van der Waals surface area contributed by atoms with Crippen molar-refractivity contribution in [3.63, 3.8) is 0 Å². The number of thiophene rings is 1. The van der Waals surface area contributed by atoms with Gasteiger partial charge < -0.3 is 9.73 Å². The van der Waals surface area contributed by atoms with Crippen LogP contribution in [0.15, 0.2) is 21.2 Å². The first-order valence-corrected chi connectivity index (χ1v) is 7.69. The van der Waals surface area contributed by atoms with Gasteiger partial charge in [-0.25, -0.2) is 4.79 Å². The van der Waals surface area contributed by atoms with Crippen molar-refractivity contribution in [2.24, 2.45) is 0 Å². The monoisotopic (exact) mass is 292 g/mol. The van der Waals surface area contributed by atoms with Crippen LogP contribution in [0.3, 0.4) is 0 Å². The maximum Gasteiger partial charge on any atom is 0.324 e. The molecule has 3 rings (SSSR count). The van der Waals surface area contributed by atoms with E-state index in [2.05, 4.69) is 20.8 Å². The summed E-state index contributed by atoms with van der Waals surface area (Å²) in [6, 6.07) is 1.99. The Hall–Kier alpha value is -1.89. The molecule has 0 aliphatic heterocycles. The molecular weight excluding hydrogens is 276 g/mol. The van der Waals surface area contributed by atoms with Crippen molar-refractivity contribution < 1.29 is 9.21 Å². The molecule has 2 N–H and O–H groups in total. The molecule has 0 atom stereocenters. The number of nitrogens with zero attached hydrogens (tertiary/aromatic N) is 2. The van der Waals surface area contributed by atoms with Crippen LogP contribution in [-0.2, 0) is 0 Å². The van der Waals surface area contributed by atoms with Crippen molar-refractivity contribution in [3.8, 4) is 11.5 Å². The van der Waals surface area contributed by atoms with Gasteiger partial charge in [0, 0.05) is 17.0 Å². The lowest BCUT2D eigenvalue weighted by Gasteiger charge is -2.22. The van der Waals surface area contributed by atoms with Gasteiger partial charge in [0.05, 0.1) is 0 Å². The standard InChI is InChI=1S/C13H16N4O2S/c18-12(14-10-4-2-1-3-5-10)15-13-17-16-11(19-13)9-6-7-20-8-9/h6-8,10H,1-5H2,(H2,14,15,17,18). The Bertz CT molecular complexity index is 561. The fourth-order valence-corrected chi connectivity index (χ4v) is 2.97. The van der Waals surface area contributed by atoms with Crippen LogP contribution in [0.5, 0.6) is 0 Å². The van der Waals surface area contributed by atoms with Crippen molar-refractivity contribution in [1.82, 2.24) is 15.5 Å². The van der Waals surface area contributed by atoms with Gasteiger partial charge in [-0.1, -0.05) is 24.4 Å². The third-order valence-electron chi connectivity index (χ3n) is 3.35. The Balaban J connectivity index is 1.56. The lowest BCUT2D eigenvalue weighted by atomic mass is 9.96. The predicted molar refractivity (Wildman–Crippen MR) is 76.6 cm³/mol. The van der Waals surface area contributed by atoms with Crippen LogP contribution < -0.4 is 10.6 Å². The molecule has 2 aromatic rings. The molecule has 1 aliphatic carbocycles. The molecular formula is C13H16N4O2S. The van der Waals surface area contributed by atoms with E-state index < -0.39 is 0 Å². The van der Waals surface area contributed by atoms with Gasteiger partial charge in [0.2, 0.25) is 0 Å². The van der Waals surface area contributed by atoms with Crippen molar-refractivity contribution >= 4 is 23.4 Å². The normalized spacial score (nSPS) is 16.0. The van der Waals surface area contributed by atoms with E-state index in [0.717, 1.165) is 18.4 Å². The summed E-state index contributed by atoms with van der Waals surface area (Å²) in [5, 5.41) is 17.1. The van der Waals surface area contributed by atoms with Crippen LogP contribution in [0.4, 0.5) is 10.8 Å². The van der Waals surface area contributed by atoms with Crippen molar-refractivity contribution in [3.05, 3.63) is 16.8 Å². The van der Waals surface area contributed by atoms with E-state index in [1.165, 1.54) is 19.3 Å². The van der Waals surface area contributed by atoms with Gasteiger partial charge in [-0.15, -0.1) is 5.10 Å². The van der Waals surface area contributed by atoms with Gasteiger partial charge in [0.1, 0.15) is 0 Å². The van der Waals surface area contributed by atoms with E-state index in [0.29, 0.717) is 5.89 Å². The maximum atomic E-state index is 11.8. The number of carbonyl (C=O) groups excluding carboxylic acids is 1. The van der Waals surface area contributed by atoms with Crippen LogP contribution >= 0.6 is 11.3 Å². The van der Waals surface area contributed by atoms with E-state index >= 15 is 0 Å². The van der Waals surface area contributed by atoms with E-state index in [1.807, 2.05) is 16.8 Å². The molecule has 7 heteroatoms. The molecule has 1 saturated carbocycles. The van der Waals surface area contributed by atoms with E-state index in [9.17, 15) is 4.79 Å². The summed E-state index contributed by atoms with van der Waals surface area (Å²) < 4.78 is 5.40. The summed E-state index contributed by atoms with van der Waals surface area (Å²) in [7, 11) is 0. The molecule has 0 bridgehead atoms. The maximum absolute atomic E-state index is 11.8. The minimum Gasteiger partial charge on any atom is -0.403 e. The summed E-state index contributed by atoms with van der Waals surface area (Å²) >= 11 is 1.55. The first kappa shape index (κ1) is 13.1. The molecule has 2 amide bonds. The molecule has 6 nitrogen and oxygen atoms in total. The topological polar surface area (TPSA) is 80.1 Å². The Morgan fingerprint density at radius 1 is 1.30 bits per heavy atom. The number of carbonyl (C=O) groups is 1. The summed E-state index contributed by atoms with van der Waals surface area (Å²) in [4.78, 5) is 11.8. The second kappa shape index (κ2) is 6.04. The Morgan fingerprint density at radius 2 is 2.15 bits per heavy atom. The summed E-state index contributed by atoms with van der Waals surface area (Å²) in [5.41, 5.74) is 0.864. The Labute approximate surface area is 120 Å². The number of hydrogen-bond acceptors (Lipinski definition) is 5. The SMILES string of the molecule is O=C(Nc1nnc(-c2ccsc2)o1)NC1CCCCC1. The van der Waals surface area contributed by atoms with Gasteiger partial charge in [0.25, 0.3) is 5.89 Å². The fourth-order valence-electron chi connectivity index (χ4n) is 2.34. The highest BCUT2D eigenvalue weighted by atomic mass is 32.1. The molecule has 0 spiro atoms. The number of aromatic nitrogens is 2. The zero-order chi connectivity index (χ0) is 13.8. The highest BCUT2D eigenvalue weighted by molar-refractivity contribution is 7.08. The van der Waals surface area contributed by atoms with E-state index in [1.54, 1.807) is 11.3 Å². The van der Waals surface area contributed by atoms with E-state index in [-0.39, 0.29) is 18.1 Å². The van der Waals surface area contributed by atoms with Crippen LogP contribution in [0, 0.1) is 0 Å². The highest BCUT2D eigenvalue weighted by Gasteiger charge is 2.17. The number of anilines is 1.